The third kappa shape index (κ3) is 4.01. The van der Waals surface area contributed by atoms with Gasteiger partial charge in [0, 0.05) is 39.1 Å². The fourth-order valence-corrected chi connectivity index (χ4v) is 6.96. The Balaban J connectivity index is 1.15. The number of piperazine rings is 1. The molecule has 0 bridgehead atoms. The zero-order valence-electron chi connectivity index (χ0n) is 18.6. The third-order valence-electron chi connectivity index (χ3n) is 7.45. The van der Waals surface area contributed by atoms with Crippen LogP contribution in [0.2, 0.25) is 0 Å². The molecule has 2 aliphatic heterocycles. The first-order chi connectivity index (χ1) is 15.9. The van der Waals surface area contributed by atoms with E-state index in [1.54, 1.807) is 17.0 Å². The summed E-state index contributed by atoms with van der Waals surface area (Å²) in [5, 5.41) is 0. The number of hydrogen-bond donors (Lipinski definition) is 0. The first-order valence-corrected chi connectivity index (χ1v) is 13.2. The maximum atomic E-state index is 13.1. The molecule has 2 aliphatic carbocycles. The Morgan fingerprint density at radius 1 is 0.909 bits per heavy atom. The molecule has 33 heavy (non-hydrogen) atoms. The number of likely N-dealkylation sites (tertiary alicyclic amines) is 1. The molecule has 0 aromatic heterocycles. The van der Waals surface area contributed by atoms with Crippen LogP contribution >= 0.6 is 0 Å². The third-order valence-corrected chi connectivity index (χ3v) is 9.34. The van der Waals surface area contributed by atoms with Gasteiger partial charge < -0.3 is 4.90 Å². The van der Waals surface area contributed by atoms with Crippen molar-refractivity contribution < 1.29 is 22.8 Å². The number of nitrogens with zero attached hydrogens (tertiary/aromatic N) is 3. The van der Waals surface area contributed by atoms with E-state index >= 15 is 0 Å². The van der Waals surface area contributed by atoms with Crippen molar-refractivity contribution in [2.75, 3.05) is 32.7 Å². The lowest BCUT2D eigenvalue weighted by molar-refractivity contribution is -0.141. The molecule has 4 aliphatic rings. The number of benzene rings is 1. The van der Waals surface area contributed by atoms with E-state index in [0.29, 0.717) is 30.8 Å². The lowest BCUT2D eigenvalue weighted by Gasteiger charge is -2.34. The van der Waals surface area contributed by atoms with Gasteiger partial charge in [-0.2, -0.15) is 4.31 Å². The quantitative estimate of drug-likeness (QED) is 0.477. The number of hydrogen-bond acceptors (Lipinski definition) is 5. The molecule has 1 aromatic rings. The molecule has 2 unspecified atom stereocenters. The number of sulfonamides is 1. The first-order valence-electron chi connectivity index (χ1n) is 11.8. The molecule has 2 saturated heterocycles. The number of aryl methyl sites for hydroxylation is 2. The second-order valence-corrected chi connectivity index (χ2v) is 11.2. The molecule has 2 fully saturated rings. The molecule has 3 amide bonds. The van der Waals surface area contributed by atoms with Crippen LogP contribution < -0.4 is 0 Å². The first kappa shape index (κ1) is 22.3. The van der Waals surface area contributed by atoms with Crippen molar-refractivity contribution in [3.8, 4) is 0 Å². The van der Waals surface area contributed by atoms with Gasteiger partial charge in [-0.15, -0.1) is 0 Å². The smallest absolute Gasteiger partial charge is 0.243 e. The van der Waals surface area contributed by atoms with Gasteiger partial charge >= 0.3 is 0 Å². The van der Waals surface area contributed by atoms with Crippen LogP contribution in [-0.2, 0) is 37.2 Å². The SMILES string of the molecule is O=C(CCN1C(=O)C2CC=CCC2C1=O)N1CCN(S(=O)(=O)c2ccc3c(c2)CCC3)CC1. The van der Waals surface area contributed by atoms with E-state index in [1.807, 2.05) is 18.2 Å². The van der Waals surface area contributed by atoms with Gasteiger partial charge in [0.25, 0.3) is 0 Å². The summed E-state index contributed by atoms with van der Waals surface area (Å²) >= 11 is 0. The molecule has 0 saturated carbocycles. The van der Waals surface area contributed by atoms with E-state index < -0.39 is 10.0 Å². The minimum Gasteiger partial charge on any atom is -0.340 e. The van der Waals surface area contributed by atoms with Crippen LogP contribution in [0, 0.1) is 11.8 Å². The number of imide groups is 1. The van der Waals surface area contributed by atoms with E-state index in [0.717, 1.165) is 24.8 Å². The number of fused-ring (bicyclic) bond motifs is 2. The van der Waals surface area contributed by atoms with Gasteiger partial charge in [-0.05, 0) is 55.4 Å². The van der Waals surface area contributed by atoms with Crippen LogP contribution in [0.3, 0.4) is 0 Å². The van der Waals surface area contributed by atoms with E-state index in [4.69, 9.17) is 0 Å². The second-order valence-electron chi connectivity index (χ2n) is 9.30. The highest BCUT2D eigenvalue weighted by molar-refractivity contribution is 7.89. The zero-order valence-corrected chi connectivity index (χ0v) is 19.4. The zero-order chi connectivity index (χ0) is 23.2. The minimum absolute atomic E-state index is 0.0713. The van der Waals surface area contributed by atoms with Crippen molar-refractivity contribution in [3.63, 3.8) is 0 Å². The fourth-order valence-electron chi connectivity index (χ4n) is 5.49. The minimum atomic E-state index is -3.59. The van der Waals surface area contributed by atoms with Crippen molar-refractivity contribution in [3.05, 3.63) is 41.5 Å². The number of rotatable bonds is 5. The normalized spacial score (nSPS) is 25.5. The van der Waals surface area contributed by atoms with Gasteiger partial charge in [0.2, 0.25) is 27.7 Å². The van der Waals surface area contributed by atoms with E-state index in [1.165, 1.54) is 14.8 Å². The Kier molecular flexibility index (Phi) is 5.86. The highest BCUT2D eigenvalue weighted by Gasteiger charge is 2.47. The standard InChI is InChI=1S/C24H29N3O5S/c28-22(10-11-27-23(29)20-6-1-2-7-21(20)24(27)30)25-12-14-26(15-13-25)33(31,32)19-9-8-17-4-3-5-18(17)16-19/h1-2,8-9,16,20-21H,3-7,10-15H2. The second kappa shape index (κ2) is 8.68. The van der Waals surface area contributed by atoms with Crippen molar-refractivity contribution in [2.45, 2.75) is 43.4 Å². The topological polar surface area (TPSA) is 95.1 Å². The average molecular weight is 472 g/mol. The van der Waals surface area contributed by atoms with Gasteiger partial charge in [-0.25, -0.2) is 8.42 Å². The predicted molar refractivity (Wildman–Crippen MR) is 120 cm³/mol. The molecule has 2 heterocycles. The molecule has 8 nitrogen and oxygen atoms in total. The van der Waals surface area contributed by atoms with Crippen LogP contribution in [0.1, 0.15) is 36.8 Å². The van der Waals surface area contributed by atoms with Gasteiger partial charge in [-0.3, -0.25) is 19.3 Å². The monoisotopic (exact) mass is 471 g/mol. The molecule has 0 radical (unpaired) electrons. The van der Waals surface area contributed by atoms with Crippen molar-refractivity contribution in [1.29, 1.82) is 0 Å². The Labute approximate surface area is 194 Å². The van der Waals surface area contributed by atoms with Gasteiger partial charge in [-0.1, -0.05) is 18.2 Å². The lowest BCUT2D eigenvalue weighted by Crippen LogP contribution is -2.51. The van der Waals surface area contributed by atoms with Crippen LogP contribution in [0.5, 0.6) is 0 Å². The highest BCUT2D eigenvalue weighted by atomic mass is 32.2. The lowest BCUT2D eigenvalue weighted by atomic mass is 9.85. The summed E-state index contributed by atoms with van der Waals surface area (Å²) in [6, 6.07) is 5.41. The average Bonchev–Trinajstić information content (AvgIpc) is 3.40. The van der Waals surface area contributed by atoms with Gasteiger partial charge in [0.05, 0.1) is 16.7 Å². The Bertz CT molecular complexity index is 1090. The van der Waals surface area contributed by atoms with Gasteiger partial charge in [0.1, 0.15) is 0 Å². The summed E-state index contributed by atoms with van der Waals surface area (Å²) in [5.74, 6) is -1.07. The molecule has 0 N–H and O–H groups in total. The number of carbonyl (C=O) groups is 3. The highest BCUT2D eigenvalue weighted by Crippen LogP contribution is 2.35. The van der Waals surface area contributed by atoms with E-state index in [2.05, 4.69) is 0 Å². The predicted octanol–water partition coefficient (Wildman–Crippen LogP) is 1.35. The van der Waals surface area contributed by atoms with E-state index in [-0.39, 0.29) is 55.6 Å². The van der Waals surface area contributed by atoms with Crippen LogP contribution in [-0.4, -0.2) is 73.0 Å². The summed E-state index contributed by atoms with van der Waals surface area (Å²) in [7, 11) is -3.59. The van der Waals surface area contributed by atoms with E-state index in [9.17, 15) is 22.8 Å². The summed E-state index contributed by atoms with van der Waals surface area (Å²) in [5.41, 5.74) is 2.35. The van der Waals surface area contributed by atoms with Crippen molar-refractivity contribution in [1.82, 2.24) is 14.1 Å². The fraction of sp³-hybridized carbons (Fsp3) is 0.542. The van der Waals surface area contributed by atoms with Gasteiger partial charge in [0.15, 0.2) is 0 Å². The maximum Gasteiger partial charge on any atom is 0.243 e. The molecule has 0 spiro atoms. The summed E-state index contributed by atoms with van der Waals surface area (Å²) in [6.07, 6.45) is 8.11. The molecule has 5 rings (SSSR count). The summed E-state index contributed by atoms with van der Waals surface area (Å²) in [4.78, 5) is 41.1. The summed E-state index contributed by atoms with van der Waals surface area (Å²) in [6.45, 7) is 1.18. The molecular weight excluding hydrogens is 442 g/mol. The molecular formula is C24H29N3O5S. The Morgan fingerprint density at radius 2 is 1.55 bits per heavy atom. The number of carbonyl (C=O) groups excluding carboxylic acids is 3. The number of allylic oxidation sites excluding steroid dienone is 2. The van der Waals surface area contributed by atoms with Crippen LogP contribution in [0.25, 0.3) is 0 Å². The summed E-state index contributed by atoms with van der Waals surface area (Å²) < 4.78 is 27.6. The molecule has 176 valence electrons. The van der Waals surface area contributed by atoms with Crippen molar-refractivity contribution >= 4 is 27.7 Å². The Morgan fingerprint density at radius 3 is 2.21 bits per heavy atom. The largest absolute Gasteiger partial charge is 0.340 e. The molecule has 2 atom stereocenters. The maximum absolute atomic E-state index is 13.1. The molecule has 1 aromatic carbocycles. The Hall–Kier alpha value is -2.52. The number of amides is 3. The molecule has 9 heteroatoms. The van der Waals surface area contributed by atoms with Crippen LogP contribution in [0.4, 0.5) is 0 Å². The van der Waals surface area contributed by atoms with Crippen molar-refractivity contribution in [2.24, 2.45) is 11.8 Å². The van der Waals surface area contributed by atoms with Crippen LogP contribution in [0.15, 0.2) is 35.2 Å².